The molecule has 0 N–H and O–H groups in total. The lowest BCUT2D eigenvalue weighted by molar-refractivity contribution is -0.127. The Bertz CT molecular complexity index is 722. The highest BCUT2D eigenvalue weighted by Gasteiger charge is 2.13. The van der Waals surface area contributed by atoms with E-state index in [4.69, 9.17) is 5.26 Å². The molecule has 1 heterocycles. The summed E-state index contributed by atoms with van der Waals surface area (Å²) in [5.41, 5.74) is 1.68. The summed E-state index contributed by atoms with van der Waals surface area (Å²) >= 11 is 4.47. The Hall–Kier alpha value is -1.56. The van der Waals surface area contributed by atoms with Crippen molar-refractivity contribution < 1.29 is 4.79 Å². The number of carbonyl (C=O) groups excluding carboxylic acids is 1. The molecule has 0 saturated carbocycles. The van der Waals surface area contributed by atoms with E-state index < -0.39 is 0 Å². The van der Waals surface area contributed by atoms with E-state index in [9.17, 15) is 4.79 Å². The number of carbonyl (C=O) groups is 1. The molecule has 5 nitrogen and oxygen atoms in total. The maximum Gasteiger partial charge on any atom is 0.233 e. The predicted molar refractivity (Wildman–Crippen MR) is 99.3 cm³/mol. The maximum absolute atomic E-state index is 12.0. The molecule has 0 unspecified atom stereocenters. The minimum absolute atomic E-state index is 0.123. The van der Waals surface area contributed by atoms with Crippen LogP contribution in [0.5, 0.6) is 0 Å². The van der Waals surface area contributed by atoms with E-state index in [1.807, 2.05) is 43.0 Å². The van der Waals surface area contributed by atoms with E-state index in [0.29, 0.717) is 17.1 Å². The van der Waals surface area contributed by atoms with E-state index in [2.05, 4.69) is 16.3 Å². The number of hydrogen-bond donors (Lipinski definition) is 0. The molecule has 8 heteroatoms. The number of benzene rings is 1. The molecule has 24 heavy (non-hydrogen) atoms. The van der Waals surface area contributed by atoms with Crippen molar-refractivity contribution in [2.75, 3.05) is 18.8 Å². The van der Waals surface area contributed by atoms with Crippen LogP contribution in [0, 0.1) is 11.3 Å². The standard InChI is InChI=1S/C16H18N4OS3/c1-3-20(4-2)14(21)11-23-16-19-18-15(24-16)22-10-13-8-6-5-7-12(13)9-17/h5-8H,3-4,10-11H2,1-2H3. The van der Waals surface area contributed by atoms with Gasteiger partial charge in [0.15, 0.2) is 8.68 Å². The highest BCUT2D eigenvalue weighted by molar-refractivity contribution is 8.03. The second-order valence-electron chi connectivity index (χ2n) is 4.75. The molecule has 1 aromatic heterocycles. The molecule has 0 aliphatic rings. The molecule has 2 aromatic rings. The zero-order valence-electron chi connectivity index (χ0n) is 13.6. The molecule has 0 aliphatic heterocycles. The molecule has 0 saturated heterocycles. The van der Waals surface area contributed by atoms with E-state index >= 15 is 0 Å². The van der Waals surface area contributed by atoms with Crippen molar-refractivity contribution in [2.45, 2.75) is 28.3 Å². The lowest BCUT2D eigenvalue weighted by Gasteiger charge is -2.17. The van der Waals surface area contributed by atoms with Gasteiger partial charge in [-0.1, -0.05) is 53.1 Å². The second-order valence-corrected chi connectivity index (χ2v) is 8.17. The molecule has 0 atom stereocenters. The average molecular weight is 379 g/mol. The summed E-state index contributed by atoms with van der Waals surface area (Å²) in [6.45, 7) is 5.41. The van der Waals surface area contributed by atoms with Gasteiger partial charge >= 0.3 is 0 Å². The van der Waals surface area contributed by atoms with Crippen molar-refractivity contribution in [3.8, 4) is 6.07 Å². The normalized spacial score (nSPS) is 10.4. The number of hydrogen-bond acceptors (Lipinski definition) is 7. The predicted octanol–water partition coefficient (Wildman–Crippen LogP) is 3.66. The number of thioether (sulfide) groups is 2. The SMILES string of the molecule is CCN(CC)C(=O)CSc1nnc(SCc2ccccc2C#N)s1. The van der Waals surface area contributed by atoms with Crippen LogP contribution >= 0.6 is 34.9 Å². The van der Waals surface area contributed by atoms with E-state index in [0.717, 1.165) is 27.3 Å². The Kier molecular flexibility index (Phi) is 7.56. The van der Waals surface area contributed by atoms with E-state index in [1.165, 1.54) is 23.1 Å². The van der Waals surface area contributed by atoms with Crippen molar-refractivity contribution in [3.63, 3.8) is 0 Å². The van der Waals surface area contributed by atoms with Crippen molar-refractivity contribution in [2.24, 2.45) is 0 Å². The minimum atomic E-state index is 0.123. The molecule has 1 amide bonds. The fourth-order valence-electron chi connectivity index (χ4n) is 2.00. The third kappa shape index (κ3) is 5.23. The fourth-order valence-corrected chi connectivity index (χ4v) is 4.93. The van der Waals surface area contributed by atoms with E-state index in [-0.39, 0.29) is 5.91 Å². The number of aromatic nitrogens is 2. The van der Waals surface area contributed by atoms with Crippen LogP contribution in [0.15, 0.2) is 32.9 Å². The summed E-state index contributed by atoms with van der Waals surface area (Å²) < 4.78 is 1.65. The summed E-state index contributed by atoms with van der Waals surface area (Å²) in [7, 11) is 0. The third-order valence-corrected chi connectivity index (χ3v) is 6.54. The Morgan fingerprint density at radius 3 is 2.54 bits per heavy atom. The zero-order chi connectivity index (χ0) is 17.4. The largest absolute Gasteiger partial charge is 0.343 e. The van der Waals surface area contributed by atoms with Gasteiger partial charge in [-0.3, -0.25) is 4.79 Å². The molecule has 126 valence electrons. The molecule has 0 fully saturated rings. The van der Waals surface area contributed by atoms with Gasteiger partial charge in [-0.25, -0.2) is 0 Å². The monoisotopic (exact) mass is 378 g/mol. The number of nitriles is 1. The molecule has 0 aliphatic carbocycles. The lowest BCUT2D eigenvalue weighted by atomic mass is 10.1. The van der Waals surface area contributed by atoms with Crippen LogP contribution in [0.1, 0.15) is 25.0 Å². The van der Waals surface area contributed by atoms with Crippen molar-refractivity contribution in [3.05, 3.63) is 35.4 Å². The van der Waals surface area contributed by atoms with Crippen LogP contribution < -0.4 is 0 Å². The highest BCUT2D eigenvalue weighted by Crippen LogP contribution is 2.31. The van der Waals surface area contributed by atoms with Gasteiger partial charge in [-0.15, -0.1) is 10.2 Å². The number of nitrogens with zero attached hydrogens (tertiary/aromatic N) is 4. The van der Waals surface area contributed by atoms with Gasteiger partial charge in [0.1, 0.15) is 0 Å². The highest BCUT2D eigenvalue weighted by atomic mass is 32.2. The van der Waals surface area contributed by atoms with Crippen molar-refractivity contribution >= 4 is 40.8 Å². The zero-order valence-corrected chi connectivity index (χ0v) is 16.0. The summed E-state index contributed by atoms with van der Waals surface area (Å²) in [6.07, 6.45) is 0. The van der Waals surface area contributed by atoms with Gasteiger partial charge in [0.25, 0.3) is 0 Å². The van der Waals surface area contributed by atoms with Gasteiger partial charge < -0.3 is 4.90 Å². The molecule has 0 radical (unpaired) electrons. The number of amides is 1. The Balaban J connectivity index is 1.87. The second kappa shape index (κ2) is 9.67. The molecular weight excluding hydrogens is 360 g/mol. The summed E-state index contributed by atoms with van der Waals surface area (Å²) in [5, 5.41) is 17.4. The van der Waals surface area contributed by atoms with Crippen molar-refractivity contribution in [1.29, 1.82) is 5.26 Å². The molecule has 2 rings (SSSR count). The first kappa shape index (κ1) is 18.8. The van der Waals surface area contributed by atoms with Crippen LogP contribution in [-0.2, 0) is 10.5 Å². The maximum atomic E-state index is 12.0. The fraction of sp³-hybridized carbons (Fsp3) is 0.375. The van der Waals surface area contributed by atoms with Gasteiger partial charge in [0.05, 0.1) is 17.4 Å². The van der Waals surface area contributed by atoms with Crippen LogP contribution in [0.3, 0.4) is 0 Å². The van der Waals surface area contributed by atoms with Crippen LogP contribution in [0.2, 0.25) is 0 Å². The molecule has 1 aromatic carbocycles. The lowest BCUT2D eigenvalue weighted by Crippen LogP contribution is -2.31. The van der Waals surface area contributed by atoms with E-state index in [1.54, 1.807) is 11.8 Å². The Labute approximate surface area is 154 Å². The van der Waals surface area contributed by atoms with Gasteiger partial charge in [0, 0.05) is 18.8 Å². The number of rotatable bonds is 8. The van der Waals surface area contributed by atoms with Crippen LogP contribution in [0.4, 0.5) is 0 Å². The minimum Gasteiger partial charge on any atom is -0.343 e. The summed E-state index contributed by atoms with van der Waals surface area (Å²) in [5.74, 6) is 1.19. The van der Waals surface area contributed by atoms with Gasteiger partial charge in [0.2, 0.25) is 5.91 Å². The quantitative estimate of drug-likeness (QED) is 0.653. The topological polar surface area (TPSA) is 69.9 Å². The summed E-state index contributed by atoms with van der Waals surface area (Å²) in [4.78, 5) is 13.8. The van der Waals surface area contributed by atoms with Crippen LogP contribution in [-0.4, -0.2) is 39.8 Å². The van der Waals surface area contributed by atoms with Crippen molar-refractivity contribution in [1.82, 2.24) is 15.1 Å². The first-order chi connectivity index (χ1) is 11.7. The third-order valence-electron chi connectivity index (χ3n) is 3.31. The Morgan fingerprint density at radius 2 is 1.88 bits per heavy atom. The summed E-state index contributed by atoms with van der Waals surface area (Å²) in [6, 6.07) is 9.75. The molecule has 0 spiro atoms. The first-order valence-electron chi connectivity index (χ1n) is 7.52. The van der Waals surface area contributed by atoms with Crippen LogP contribution in [0.25, 0.3) is 0 Å². The Morgan fingerprint density at radius 1 is 1.21 bits per heavy atom. The van der Waals surface area contributed by atoms with Gasteiger partial charge in [-0.2, -0.15) is 5.26 Å². The molecular formula is C16H18N4OS3. The molecule has 0 bridgehead atoms. The average Bonchev–Trinajstić information content (AvgIpc) is 3.07. The first-order valence-corrected chi connectivity index (χ1v) is 10.3. The van der Waals surface area contributed by atoms with Gasteiger partial charge in [-0.05, 0) is 25.5 Å². The smallest absolute Gasteiger partial charge is 0.233 e.